The molecule has 1 aromatic rings. The molecule has 0 nitrogen and oxygen atoms in total. The first kappa shape index (κ1) is 20.9. The highest BCUT2D eigenvalue weighted by atomic mass is 35.7. The molecule has 0 amide bonds. The molecule has 23 heavy (non-hydrogen) atoms. The zero-order chi connectivity index (χ0) is 17.0. The van der Waals surface area contributed by atoms with Crippen LogP contribution in [0.1, 0.15) is 82.3 Å². The Kier molecular flexibility index (Phi) is 11.1. The third-order valence-electron chi connectivity index (χ3n) is 4.35. The average Bonchev–Trinajstić information content (AvgIpc) is 2.49. The monoisotopic (exact) mass is 356 g/mol. The van der Waals surface area contributed by atoms with Crippen molar-refractivity contribution < 1.29 is 0 Å². The van der Waals surface area contributed by atoms with Crippen molar-refractivity contribution in [3.05, 3.63) is 35.4 Å². The van der Waals surface area contributed by atoms with Gasteiger partial charge in [0.15, 0.2) is 0 Å². The number of halogens is 1. The Morgan fingerprint density at radius 1 is 0.696 bits per heavy atom. The second-order valence-corrected chi connectivity index (χ2v) is 12.9. The lowest BCUT2D eigenvalue weighted by molar-refractivity contribution is 0.556. The summed E-state index contributed by atoms with van der Waals surface area (Å²) in [5.74, 6) is 1.02. The van der Waals surface area contributed by atoms with Crippen LogP contribution < -0.4 is 0 Å². The molecule has 0 unspecified atom stereocenters. The quantitative estimate of drug-likeness (QED) is 0.315. The maximum Gasteiger partial charge on any atom is 0.0146 e. The Hall–Kier alpha value is -0.140. The molecule has 0 heterocycles. The molecule has 0 N–H and O–H groups in total. The fraction of sp³-hybridized carbons (Fsp3) is 0.714. The van der Waals surface area contributed by atoms with Gasteiger partial charge in [-0.05, 0) is 36.5 Å². The lowest BCUT2D eigenvalue weighted by Crippen LogP contribution is -1.93. The summed E-state index contributed by atoms with van der Waals surface area (Å²) in [6.45, 7) is 2.28. The molecule has 1 aromatic carbocycles. The van der Waals surface area contributed by atoms with E-state index in [1.165, 1.54) is 81.8 Å². The second-order valence-electron chi connectivity index (χ2n) is 7.30. The fourth-order valence-corrected chi connectivity index (χ4v) is 4.38. The van der Waals surface area contributed by atoms with Crippen LogP contribution in [-0.2, 0) is 12.2 Å². The van der Waals surface area contributed by atoms with Gasteiger partial charge in [-0.15, -0.1) is 0 Å². The first-order chi connectivity index (χ1) is 11.0. The summed E-state index contributed by atoms with van der Waals surface area (Å²) in [6, 6.07) is 9.13. The standard InChI is InChI=1S/C21H37ClS/c1-4-5-6-7-8-9-10-11-12-13-14-20-15-17-21(18-16-20)19-23(2,3)22/h15-18H,4-14,19H2,1-3H3. The number of benzene rings is 1. The number of rotatable bonds is 13. The van der Waals surface area contributed by atoms with Crippen LogP contribution in [0.25, 0.3) is 0 Å². The normalized spacial score (nSPS) is 12.5. The van der Waals surface area contributed by atoms with Crippen molar-refractivity contribution in [1.29, 1.82) is 0 Å². The predicted octanol–water partition coefficient (Wildman–Crippen LogP) is 7.87. The summed E-state index contributed by atoms with van der Waals surface area (Å²) < 4.78 is 0. The van der Waals surface area contributed by atoms with Crippen LogP contribution in [0.2, 0.25) is 0 Å². The van der Waals surface area contributed by atoms with Crippen molar-refractivity contribution >= 4 is 19.9 Å². The topological polar surface area (TPSA) is 0 Å². The molecule has 0 bridgehead atoms. The molecule has 0 radical (unpaired) electrons. The number of aryl methyl sites for hydroxylation is 1. The van der Waals surface area contributed by atoms with Gasteiger partial charge in [0, 0.05) is 5.75 Å². The summed E-state index contributed by atoms with van der Waals surface area (Å²) in [5, 5.41) is 0. The predicted molar refractivity (Wildman–Crippen MR) is 111 cm³/mol. The molecule has 1 rings (SSSR count). The minimum Gasteiger partial charge on any atom is -0.165 e. The molecular weight excluding hydrogens is 320 g/mol. The molecule has 0 atom stereocenters. The van der Waals surface area contributed by atoms with Gasteiger partial charge in [0.2, 0.25) is 0 Å². The first-order valence-electron chi connectivity index (χ1n) is 9.50. The molecule has 0 saturated heterocycles. The molecule has 0 aromatic heterocycles. The van der Waals surface area contributed by atoms with Crippen molar-refractivity contribution in [1.82, 2.24) is 0 Å². The largest absolute Gasteiger partial charge is 0.165 e. The van der Waals surface area contributed by atoms with Gasteiger partial charge in [-0.2, -0.15) is 9.24 Å². The van der Waals surface area contributed by atoms with E-state index in [9.17, 15) is 0 Å². The highest BCUT2D eigenvalue weighted by Crippen LogP contribution is 2.48. The smallest absolute Gasteiger partial charge is 0.0146 e. The number of hydrogen-bond acceptors (Lipinski definition) is 0. The molecule has 0 fully saturated rings. The van der Waals surface area contributed by atoms with Crippen LogP contribution >= 0.6 is 19.9 Å². The van der Waals surface area contributed by atoms with Crippen molar-refractivity contribution in [2.75, 3.05) is 12.5 Å². The van der Waals surface area contributed by atoms with E-state index in [0.29, 0.717) is 0 Å². The zero-order valence-corrected chi connectivity index (χ0v) is 17.2. The van der Waals surface area contributed by atoms with E-state index >= 15 is 0 Å². The van der Waals surface area contributed by atoms with E-state index < -0.39 is 9.24 Å². The van der Waals surface area contributed by atoms with E-state index in [1.807, 2.05) is 0 Å². The van der Waals surface area contributed by atoms with Crippen LogP contribution in [-0.4, -0.2) is 12.5 Å². The van der Waals surface area contributed by atoms with Gasteiger partial charge in [-0.1, -0.05) is 99.7 Å². The Bertz CT molecular complexity index is 391. The van der Waals surface area contributed by atoms with E-state index in [-0.39, 0.29) is 0 Å². The number of hydrogen-bond donors (Lipinski definition) is 0. The van der Waals surface area contributed by atoms with E-state index in [2.05, 4.69) is 43.7 Å². The third-order valence-corrected chi connectivity index (χ3v) is 5.70. The Labute approximate surface area is 151 Å². The van der Waals surface area contributed by atoms with Crippen LogP contribution in [0.15, 0.2) is 24.3 Å². The van der Waals surface area contributed by atoms with Gasteiger partial charge in [0.05, 0.1) is 0 Å². The lowest BCUT2D eigenvalue weighted by atomic mass is 10.0. The zero-order valence-electron chi connectivity index (χ0n) is 15.6. The highest BCUT2D eigenvalue weighted by Gasteiger charge is 2.07. The molecule has 0 saturated carbocycles. The minimum absolute atomic E-state index is 0.955. The Morgan fingerprint density at radius 3 is 1.61 bits per heavy atom. The SMILES string of the molecule is CCCCCCCCCCCCc1ccc(CS(C)(C)Cl)cc1. The minimum atomic E-state index is -0.955. The maximum absolute atomic E-state index is 6.37. The van der Waals surface area contributed by atoms with Crippen molar-refractivity contribution in [3.63, 3.8) is 0 Å². The lowest BCUT2D eigenvalue weighted by Gasteiger charge is -2.21. The molecule has 0 aliphatic heterocycles. The molecule has 0 spiro atoms. The van der Waals surface area contributed by atoms with Crippen LogP contribution in [0, 0.1) is 0 Å². The summed E-state index contributed by atoms with van der Waals surface area (Å²) in [6.07, 6.45) is 19.7. The van der Waals surface area contributed by atoms with Gasteiger partial charge in [0.25, 0.3) is 0 Å². The van der Waals surface area contributed by atoms with Gasteiger partial charge in [-0.3, -0.25) is 0 Å². The molecular formula is C21H37ClS. The maximum atomic E-state index is 6.37. The van der Waals surface area contributed by atoms with Crippen molar-refractivity contribution in [3.8, 4) is 0 Å². The Morgan fingerprint density at radius 2 is 1.13 bits per heavy atom. The van der Waals surface area contributed by atoms with E-state index in [1.54, 1.807) is 0 Å². The summed E-state index contributed by atoms with van der Waals surface area (Å²) >= 11 is 0. The second kappa shape index (κ2) is 12.3. The van der Waals surface area contributed by atoms with E-state index in [0.717, 1.165) is 5.75 Å². The summed E-state index contributed by atoms with van der Waals surface area (Å²) in [4.78, 5) is 0. The Balaban J connectivity index is 2.03. The summed E-state index contributed by atoms with van der Waals surface area (Å²) in [5.41, 5.74) is 2.86. The summed E-state index contributed by atoms with van der Waals surface area (Å²) in [7, 11) is 5.41. The average molecular weight is 357 g/mol. The van der Waals surface area contributed by atoms with Gasteiger partial charge in [0.1, 0.15) is 0 Å². The van der Waals surface area contributed by atoms with Gasteiger partial charge in [-0.25, -0.2) is 0 Å². The molecule has 134 valence electrons. The van der Waals surface area contributed by atoms with Gasteiger partial charge < -0.3 is 0 Å². The fourth-order valence-electron chi connectivity index (χ4n) is 3.02. The van der Waals surface area contributed by atoms with Crippen LogP contribution in [0.3, 0.4) is 0 Å². The third kappa shape index (κ3) is 12.0. The van der Waals surface area contributed by atoms with Crippen molar-refractivity contribution in [2.45, 2.75) is 83.3 Å². The molecule has 2 heteroatoms. The number of unbranched alkanes of at least 4 members (excludes halogenated alkanes) is 9. The molecule has 0 aliphatic carbocycles. The van der Waals surface area contributed by atoms with Crippen LogP contribution in [0.4, 0.5) is 0 Å². The van der Waals surface area contributed by atoms with E-state index in [4.69, 9.17) is 10.7 Å². The van der Waals surface area contributed by atoms with Gasteiger partial charge >= 0.3 is 0 Å². The van der Waals surface area contributed by atoms with Crippen molar-refractivity contribution in [2.24, 2.45) is 0 Å². The van der Waals surface area contributed by atoms with Crippen LogP contribution in [0.5, 0.6) is 0 Å². The first-order valence-corrected chi connectivity index (χ1v) is 12.9. The highest BCUT2D eigenvalue weighted by molar-refractivity contribution is 8.49. The molecule has 0 aliphatic rings.